The van der Waals surface area contributed by atoms with E-state index in [1.54, 1.807) is 29.5 Å². The van der Waals surface area contributed by atoms with Gasteiger partial charge >= 0.3 is 5.97 Å². The molecule has 134 valence electrons. The Morgan fingerprint density at radius 3 is 2.76 bits per heavy atom. The molecule has 25 heavy (non-hydrogen) atoms. The van der Waals surface area contributed by atoms with E-state index < -0.39 is 12.0 Å². The van der Waals surface area contributed by atoms with E-state index in [9.17, 15) is 9.59 Å². The first kappa shape index (κ1) is 19.3. The number of halogens is 1. The smallest absolute Gasteiger partial charge is 0.306 e. The summed E-state index contributed by atoms with van der Waals surface area (Å²) in [5.74, 6) is -0.273. The van der Waals surface area contributed by atoms with Gasteiger partial charge in [0.15, 0.2) is 6.10 Å². The van der Waals surface area contributed by atoms with Crippen LogP contribution in [0.2, 0.25) is 5.02 Å². The molecule has 1 atom stereocenters. The predicted octanol–water partition coefficient (Wildman–Crippen LogP) is 4.30. The molecule has 0 radical (unpaired) electrons. The van der Waals surface area contributed by atoms with Gasteiger partial charge in [-0.3, -0.25) is 9.59 Å². The van der Waals surface area contributed by atoms with Crippen LogP contribution < -0.4 is 10.1 Å². The third-order valence-corrected chi connectivity index (χ3v) is 4.71. The number of carbonyl (C=O) groups is 2. The first-order valence-corrected chi connectivity index (χ1v) is 9.11. The summed E-state index contributed by atoms with van der Waals surface area (Å²) in [6.07, 6.45) is 0.929. The molecule has 0 fully saturated rings. The molecule has 1 aromatic heterocycles. The van der Waals surface area contributed by atoms with Crippen LogP contribution in [-0.2, 0) is 20.7 Å². The van der Waals surface area contributed by atoms with Crippen molar-refractivity contribution in [3.05, 3.63) is 45.6 Å². The lowest BCUT2D eigenvalue weighted by Gasteiger charge is -2.14. The number of hydrogen-bond acceptors (Lipinski definition) is 5. The maximum absolute atomic E-state index is 12.1. The van der Waals surface area contributed by atoms with Gasteiger partial charge in [-0.1, -0.05) is 17.7 Å². The average Bonchev–Trinajstić information content (AvgIpc) is 3.08. The summed E-state index contributed by atoms with van der Waals surface area (Å²) in [6.45, 7) is 1.54. The number of amides is 1. The molecule has 0 spiro atoms. The van der Waals surface area contributed by atoms with Crippen LogP contribution in [0.25, 0.3) is 0 Å². The van der Waals surface area contributed by atoms with Gasteiger partial charge < -0.3 is 14.8 Å². The number of ether oxygens (including phenoxy) is 2. The lowest BCUT2D eigenvalue weighted by atomic mass is 10.2. The molecule has 1 heterocycles. The number of hydrogen-bond donors (Lipinski definition) is 1. The highest BCUT2D eigenvalue weighted by atomic mass is 35.5. The molecule has 0 saturated carbocycles. The fourth-order valence-corrected chi connectivity index (χ4v) is 3.17. The van der Waals surface area contributed by atoms with Crippen LogP contribution in [-0.4, -0.2) is 25.1 Å². The van der Waals surface area contributed by atoms with Gasteiger partial charge in [0.2, 0.25) is 0 Å². The third-order valence-electron chi connectivity index (χ3n) is 3.48. The molecule has 1 aromatic carbocycles. The molecule has 0 aliphatic rings. The quantitative estimate of drug-likeness (QED) is 0.692. The van der Waals surface area contributed by atoms with Gasteiger partial charge in [0.1, 0.15) is 5.75 Å². The molecule has 7 heteroatoms. The molecule has 2 aromatic rings. The Morgan fingerprint density at radius 2 is 2.12 bits per heavy atom. The van der Waals surface area contributed by atoms with Gasteiger partial charge in [-0.05, 0) is 49.4 Å². The standard InChI is InChI=1S/C18H20ClNO4S/c1-12(24-17(21)7-3-5-14-6-4-10-25-14)18(22)20-13-8-9-16(23-2)15(19)11-13/h4,6,8-12H,3,5,7H2,1-2H3,(H,20,22)/t12-/m1/s1. The van der Waals surface area contributed by atoms with Crippen molar-refractivity contribution in [1.29, 1.82) is 0 Å². The monoisotopic (exact) mass is 381 g/mol. The molecule has 0 unspecified atom stereocenters. The number of methoxy groups -OCH3 is 1. The lowest BCUT2D eigenvalue weighted by molar-refractivity contribution is -0.153. The molecule has 0 aliphatic heterocycles. The van der Waals surface area contributed by atoms with E-state index in [2.05, 4.69) is 5.32 Å². The number of benzene rings is 1. The van der Waals surface area contributed by atoms with Gasteiger partial charge in [0.05, 0.1) is 12.1 Å². The van der Waals surface area contributed by atoms with Gasteiger partial charge in [-0.2, -0.15) is 0 Å². The molecule has 0 saturated heterocycles. The Labute approximate surface area is 155 Å². The van der Waals surface area contributed by atoms with Gasteiger partial charge in [-0.15, -0.1) is 11.3 Å². The Hall–Kier alpha value is -2.05. The minimum absolute atomic E-state index is 0.282. The van der Waals surface area contributed by atoms with E-state index >= 15 is 0 Å². The summed E-state index contributed by atoms with van der Waals surface area (Å²) >= 11 is 7.68. The van der Waals surface area contributed by atoms with Crippen molar-refractivity contribution < 1.29 is 19.1 Å². The largest absolute Gasteiger partial charge is 0.495 e. The Bertz CT molecular complexity index is 718. The highest BCUT2D eigenvalue weighted by Gasteiger charge is 2.18. The predicted molar refractivity (Wildman–Crippen MR) is 99.4 cm³/mol. The molecule has 0 aliphatic carbocycles. The van der Waals surface area contributed by atoms with Crippen LogP contribution in [0.4, 0.5) is 5.69 Å². The van der Waals surface area contributed by atoms with E-state index in [4.69, 9.17) is 21.1 Å². The Kier molecular flexibility index (Phi) is 7.28. The van der Waals surface area contributed by atoms with Crippen LogP contribution in [0.5, 0.6) is 5.75 Å². The van der Waals surface area contributed by atoms with Crippen LogP contribution in [0.1, 0.15) is 24.6 Å². The minimum atomic E-state index is -0.880. The topological polar surface area (TPSA) is 64.6 Å². The van der Waals surface area contributed by atoms with Gasteiger partial charge in [0, 0.05) is 17.0 Å². The summed E-state index contributed by atoms with van der Waals surface area (Å²) < 4.78 is 10.2. The molecule has 1 N–H and O–H groups in total. The van der Waals surface area contributed by atoms with Crippen molar-refractivity contribution in [3.8, 4) is 5.75 Å². The molecule has 5 nitrogen and oxygen atoms in total. The first-order chi connectivity index (χ1) is 12.0. The number of thiophene rings is 1. The van der Waals surface area contributed by atoms with Crippen molar-refractivity contribution in [3.63, 3.8) is 0 Å². The van der Waals surface area contributed by atoms with Crippen molar-refractivity contribution >= 4 is 40.5 Å². The van der Waals surface area contributed by atoms with Crippen LogP contribution in [0, 0.1) is 0 Å². The molecule has 2 rings (SSSR count). The summed E-state index contributed by atoms with van der Waals surface area (Å²) in [5, 5.41) is 5.06. The molecule has 1 amide bonds. The SMILES string of the molecule is COc1ccc(NC(=O)[C@@H](C)OC(=O)CCCc2cccs2)cc1Cl. The minimum Gasteiger partial charge on any atom is -0.495 e. The molecular formula is C18H20ClNO4S. The molecule has 0 bridgehead atoms. The maximum atomic E-state index is 12.1. The second kappa shape index (κ2) is 9.44. The normalized spacial score (nSPS) is 11.6. The average molecular weight is 382 g/mol. The maximum Gasteiger partial charge on any atom is 0.306 e. The third kappa shape index (κ3) is 6.07. The van der Waals surface area contributed by atoms with Crippen LogP contribution in [0.3, 0.4) is 0 Å². The second-order valence-electron chi connectivity index (χ2n) is 5.40. The van der Waals surface area contributed by atoms with Crippen molar-refractivity contribution in [2.45, 2.75) is 32.3 Å². The van der Waals surface area contributed by atoms with Crippen molar-refractivity contribution in [1.82, 2.24) is 0 Å². The highest BCUT2D eigenvalue weighted by Crippen LogP contribution is 2.27. The van der Waals surface area contributed by atoms with Crippen LogP contribution >= 0.6 is 22.9 Å². The van der Waals surface area contributed by atoms with E-state index in [0.29, 0.717) is 22.9 Å². The zero-order chi connectivity index (χ0) is 18.2. The number of carbonyl (C=O) groups excluding carboxylic acids is 2. The van der Waals surface area contributed by atoms with E-state index in [-0.39, 0.29) is 12.4 Å². The summed E-state index contributed by atoms with van der Waals surface area (Å²) in [7, 11) is 1.51. The second-order valence-corrected chi connectivity index (χ2v) is 6.84. The van der Waals surface area contributed by atoms with E-state index in [1.807, 2.05) is 17.5 Å². The number of aryl methyl sites for hydroxylation is 1. The lowest BCUT2D eigenvalue weighted by Crippen LogP contribution is -2.29. The van der Waals surface area contributed by atoms with Gasteiger partial charge in [-0.25, -0.2) is 0 Å². The number of anilines is 1. The fourth-order valence-electron chi connectivity index (χ4n) is 2.16. The van der Waals surface area contributed by atoms with Gasteiger partial charge in [0.25, 0.3) is 5.91 Å². The summed E-state index contributed by atoms with van der Waals surface area (Å²) in [5.41, 5.74) is 0.511. The molecular weight excluding hydrogens is 362 g/mol. The van der Waals surface area contributed by atoms with Crippen molar-refractivity contribution in [2.75, 3.05) is 12.4 Å². The van der Waals surface area contributed by atoms with Crippen molar-refractivity contribution in [2.24, 2.45) is 0 Å². The Morgan fingerprint density at radius 1 is 1.32 bits per heavy atom. The number of rotatable bonds is 8. The first-order valence-electron chi connectivity index (χ1n) is 7.86. The van der Waals surface area contributed by atoms with E-state index in [1.165, 1.54) is 18.9 Å². The zero-order valence-corrected chi connectivity index (χ0v) is 15.7. The fraction of sp³-hybridized carbons (Fsp3) is 0.333. The summed E-state index contributed by atoms with van der Waals surface area (Å²) in [6, 6.07) is 8.91. The zero-order valence-electron chi connectivity index (χ0n) is 14.1. The summed E-state index contributed by atoms with van der Waals surface area (Å²) in [4.78, 5) is 25.2. The van der Waals surface area contributed by atoms with E-state index in [0.717, 1.165) is 6.42 Å². The highest BCUT2D eigenvalue weighted by molar-refractivity contribution is 7.09. The Balaban J connectivity index is 1.77. The van der Waals surface area contributed by atoms with Crippen LogP contribution in [0.15, 0.2) is 35.7 Å². The number of esters is 1. The number of nitrogens with one attached hydrogen (secondary N) is 1.